The lowest BCUT2D eigenvalue weighted by Crippen LogP contribution is -2.11. The first-order chi connectivity index (χ1) is 17.7. The van der Waals surface area contributed by atoms with Crippen molar-refractivity contribution < 1.29 is 9.21 Å². The third-order valence-electron chi connectivity index (χ3n) is 6.29. The molecule has 6 rings (SSSR count). The van der Waals surface area contributed by atoms with Gasteiger partial charge in [-0.25, -0.2) is 4.98 Å². The van der Waals surface area contributed by atoms with Crippen LogP contribution in [0.15, 0.2) is 78.0 Å². The third-order valence-corrected chi connectivity index (χ3v) is 6.29. The zero-order valence-corrected chi connectivity index (χ0v) is 19.7. The van der Waals surface area contributed by atoms with Crippen LogP contribution in [0.1, 0.15) is 26.2 Å². The Morgan fingerprint density at radius 2 is 1.97 bits per heavy atom. The highest BCUT2D eigenvalue weighted by molar-refractivity contribution is 6.00. The molecule has 0 saturated carbocycles. The lowest BCUT2D eigenvalue weighted by Gasteiger charge is -2.07. The first-order valence-corrected chi connectivity index (χ1v) is 11.9. The van der Waals surface area contributed by atoms with Crippen molar-refractivity contribution in [2.45, 2.75) is 26.2 Å². The number of aromatic amines is 2. The van der Waals surface area contributed by atoms with Crippen molar-refractivity contribution in [1.29, 1.82) is 0 Å². The fraction of sp³-hybridized carbons (Fsp3) is 0.143. The minimum atomic E-state index is 0.00517. The number of hydrogen-bond donors (Lipinski definition) is 3. The monoisotopic (exact) mass is 476 g/mol. The molecule has 0 radical (unpaired) electrons. The first kappa shape index (κ1) is 21.8. The molecule has 1 aromatic carbocycles. The van der Waals surface area contributed by atoms with Gasteiger partial charge in [-0.15, -0.1) is 0 Å². The number of carbonyl (C=O) groups excluding carboxylic acids is 1. The van der Waals surface area contributed by atoms with Gasteiger partial charge < -0.3 is 14.7 Å². The van der Waals surface area contributed by atoms with Crippen LogP contribution in [-0.2, 0) is 4.79 Å². The van der Waals surface area contributed by atoms with Gasteiger partial charge in [0.05, 0.1) is 35.6 Å². The Balaban J connectivity index is 1.37. The van der Waals surface area contributed by atoms with Crippen molar-refractivity contribution in [3.05, 3.63) is 73.6 Å². The molecule has 8 heteroatoms. The first-order valence-electron chi connectivity index (χ1n) is 11.9. The van der Waals surface area contributed by atoms with E-state index in [-0.39, 0.29) is 5.91 Å². The van der Waals surface area contributed by atoms with E-state index in [1.165, 1.54) is 0 Å². The Morgan fingerprint density at radius 3 is 2.83 bits per heavy atom. The normalized spacial score (nSPS) is 11.4. The van der Waals surface area contributed by atoms with Crippen LogP contribution in [0.5, 0.6) is 0 Å². The molecule has 0 atom stereocenters. The Labute approximate surface area is 206 Å². The lowest BCUT2D eigenvalue weighted by molar-refractivity contribution is -0.116. The molecule has 0 bridgehead atoms. The zero-order valence-electron chi connectivity index (χ0n) is 19.7. The molecule has 8 nitrogen and oxygen atoms in total. The van der Waals surface area contributed by atoms with E-state index in [9.17, 15) is 4.79 Å². The van der Waals surface area contributed by atoms with Gasteiger partial charge in [0, 0.05) is 40.7 Å². The summed E-state index contributed by atoms with van der Waals surface area (Å²) in [5.41, 5.74) is 8.01. The molecule has 36 heavy (non-hydrogen) atoms. The van der Waals surface area contributed by atoms with E-state index >= 15 is 0 Å². The van der Waals surface area contributed by atoms with Gasteiger partial charge in [0.2, 0.25) is 5.91 Å². The summed E-state index contributed by atoms with van der Waals surface area (Å²) in [4.78, 5) is 24.4. The number of hydrogen-bond acceptors (Lipinski definition) is 5. The minimum Gasteiger partial charge on any atom is -0.472 e. The number of pyridine rings is 2. The van der Waals surface area contributed by atoms with E-state index in [4.69, 9.17) is 4.42 Å². The molecule has 6 aromatic rings. The van der Waals surface area contributed by atoms with Gasteiger partial charge in [-0.1, -0.05) is 19.4 Å². The summed E-state index contributed by atoms with van der Waals surface area (Å²) in [6.07, 6.45) is 11.0. The number of aromatic nitrogens is 5. The Bertz CT molecular complexity index is 1680. The van der Waals surface area contributed by atoms with Crippen molar-refractivity contribution in [2.24, 2.45) is 0 Å². The molecule has 178 valence electrons. The van der Waals surface area contributed by atoms with Gasteiger partial charge in [-0.3, -0.25) is 14.9 Å². The summed E-state index contributed by atoms with van der Waals surface area (Å²) < 4.78 is 5.28. The molecule has 5 heterocycles. The quantitative estimate of drug-likeness (QED) is 0.242. The summed E-state index contributed by atoms with van der Waals surface area (Å²) in [7, 11) is 0. The van der Waals surface area contributed by atoms with Crippen LogP contribution in [0.2, 0.25) is 0 Å². The van der Waals surface area contributed by atoms with E-state index < -0.39 is 0 Å². The number of carbonyl (C=O) groups is 1. The molecule has 0 aliphatic rings. The van der Waals surface area contributed by atoms with Crippen molar-refractivity contribution in [3.8, 4) is 33.6 Å². The highest BCUT2D eigenvalue weighted by atomic mass is 16.3. The number of benzene rings is 1. The second-order valence-corrected chi connectivity index (χ2v) is 8.76. The average molecular weight is 477 g/mol. The van der Waals surface area contributed by atoms with Gasteiger partial charge in [0.25, 0.3) is 0 Å². The molecular formula is C28H24N6O2. The van der Waals surface area contributed by atoms with Crippen LogP contribution in [0.3, 0.4) is 0 Å². The number of furan rings is 1. The van der Waals surface area contributed by atoms with E-state index in [1.54, 1.807) is 31.1 Å². The zero-order chi connectivity index (χ0) is 24.5. The van der Waals surface area contributed by atoms with E-state index in [0.29, 0.717) is 12.1 Å². The molecule has 0 fully saturated rings. The van der Waals surface area contributed by atoms with Crippen molar-refractivity contribution in [2.75, 3.05) is 5.32 Å². The molecular weight excluding hydrogens is 452 g/mol. The largest absolute Gasteiger partial charge is 0.472 e. The molecule has 0 aliphatic carbocycles. The molecule has 3 N–H and O–H groups in total. The predicted molar refractivity (Wildman–Crippen MR) is 140 cm³/mol. The minimum absolute atomic E-state index is 0.00517. The Morgan fingerprint density at radius 1 is 1.03 bits per heavy atom. The summed E-state index contributed by atoms with van der Waals surface area (Å²) >= 11 is 0. The van der Waals surface area contributed by atoms with Gasteiger partial charge in [-0.2, -0.15) is 5.10 Å². The van der Waals surface area contributed by atoms with Crippen LogP contribution in [-0.4, -0.2) is 31.1 Å². The predicted octanol–water partition coefficient (Wildman–Crippen LogP) is 6.56. The number of amides is 1. The smallest absolute Gasteiger partial charge is 0.224 e. The topological polar surface area (TPSA) is 112 Å². The number of fused-ring (bicyclic) bond motifs is 2. The van der Waals surface area contributed by atoms with Gasteiger partial charge in [0.15, 0.2) is 0 Å². The van der Waals surface area contributed by atoms with Crippen LogP contribution < -0.4 is 5.32 Å². The highest BCUT2D eigenvalue weighted by Crippen LogP contribution is 2.34. The molecule has 0 aliphatic heterocycles. The van der Waals surface area contributed by atoms with Crippen molar-refractivity contribution in [1.82, 2.24) is 25.1 Å². The molecule has 0 saturated heterocycles. The second-order valence-electron chi connectivity index (χ2n) is 8.76. The van der Waals surface area contributed by atoms with E-state index in [1.807, 2.05) is 30.3 Å². The fourth-order valence-corrected chi connectivity index (χ4v) is 4.45. The fourth-order valence-electron chi connectivity index (χ4n) is 4.45. The van der Waals surface area contributed by atoms with Crippen LogP contribution in [0.4, 0.5) is 5.69 Å². The van der Waals surface area contributed by atoms with Gasteiger partial charge >= 0.3 is 0 Å². The lowest BCUT2D eigenvalue weighted by atomic mass is 10.0. The molecule has 5 aromatic heterocycles. The maximum absolute atomic E-state index is 12.2. The average Bonchev–Trinajstić information content (AvgIpc) is 3.66. The number of rotatable bonds is 7. The Hall–Kier alpha value is -4.72. The maximum atomic E-state index is 12.2. The molecule has 1 amide bonds. The van der Waals surface area contributed by atoms with E-state index in [2.05, 4.69) is 49.5 Å². The number of anilines is 1. The van der Waals surface area contributed by atoms with Crippen LogP contribution >= 0.6 is 0 Å². The number of nitrogens with one attached hydrogen (secondary N) is 3. The van der Waals surface area contributed by atoms with Gasteiger partial charge in [-0.05, 0) is 53.9 Å². The SMILES string of the molecule is CCCCC(=O)Nc1cncc(-c2ccc3[nH]nc(-c4cc5c(-c6ccoc6)ccnc5[nH]4)c3c2)c1. The number of unbranched alkanes of at least 4 members (excludes halogenated alkanes) is 1. The number of nitrogens with zero attached hydrogens (tertiary/aromatic N) is 3. The second kappa shape index (κ2) is 9.14. The number of H-pyrrole nitrogens is 2. The molecule has 0 spiro atoms. The Kier molecular flexibility index (Phi) is 5.53. The summed E-state index contributed by atoms with van der Waals surface area (Å²) in [6.45, 7) is 2.07. The molecule has 0 unspecified atom stereocenters. The van der Waals surface area contributed by atoms with Crippen LogP contribution in [0, 0.1) is 0 Å². The van der Waals surface area contributed by atoms with Crippen molar-refractivity contribution in [3.63, 3.8) is 0 Å². The van der Waals surface area contributed by atoms with Crippen LogP contribution in [0.25, 0.3) is 55.6 Å². The highest BCUT2D eigenvalue weighted by Gasteiger charge is 2.15. The maximum Gasteiger partial charge on any atom is 0.224 e. The van der Waals surface area contributed by atoms with E-state index in [0.717, 1.165) is 68.4 Å². The summed E-state index contributed by atoms with van der Waals surface area (Å²) in [5.74, 6) is 0.00517. The van der Waals surface area contributed by atoms with Crippen molar-refractivity contribution >= 4 is 33.5 Å². The summed E-state index contributed by atoms with van der Waals surface area (Å²) in [5, 5.41) is 12.6. The summed E-state index contributed by atoms with van der Waals surface area (Å²) in [6, 6.07) is 14.0. The third kappa shape index (κ3) is 4.02. The van der Waals surface area contributed by atoms with Gasteiger partial charge in [0.1, 0.15) is 11.3 Å². The standard InChI is InChI=1S/C28H24N6O2/c1-2-3-4-26(35)31-20-11-19(14-29-15-20)17-5-6-24-23(12-17)27(34-33-24)25-13-22-21(18-8-10-36-16-18)7-9-30-28(22)32-25/h5-16H,2-4H2,1H3,(H,30,32)(H,31,35)(H,33,34).